The third-order valence-electron chi connectivity index (χ3n) is 4.04. The molecule has 0 aliphatic heterocycles. The predicted molar refractivity (Wildman–Crippen MR) is 117 cm³/mol. The van der Waals surface area contributed by atoms with Crippen LogP contribution in [0.5, 0.6) is 0 Å². The number of thioether (sulfide) groups is 1. The molecule has 0 spiro atoms. The average molecular weight is 479 g/mol. The van der Waals surface area contributed by atoms with Gasteiger partial charge in [0.2, 0.25) is 5.91 Å². The van der Waals surface area contributed by atoms with Gasteiger partial charge in [-0.25, -0.2) is 4.79 Å². The van der Waals surface area contributed by atoms with E-state index < -0.39 is 5.97 Å². The number of hydrogen-bond acceptors (Lipinski definition) is 5. The number of halogens is 1. The van der Waals surface area contributed by atoms with Crippen LogP contribution in [0.2, 0.25) is 0 Å². The molecule has 0 aromatic heterocycles. The lowest BCUT2D eigenvalue weighted by molar-refractivity contribution is -0.126. The largest absolute Gasteiger partial charge is 0.452 e. The van der Waals surface area contributed by atoms with Gasteiger partial charge in [0.1, 0.15) is 0 Å². The molecule has 0 aliphatic rings. The number of benzene rings is 2. The Balaban J connectivity index is 1.90. The molecule has 2 rings (SSSR count). The molecule has 2 aromatic rings. The van der Waals surface area contributed by atoms with Gasteiger partial charge in [-0.15, -0.1) is 11.8 Å². The third kappa shape index (κ3) is 7.21. The van der Waals surface area contributed by atoms with Crippen molar-refractivity contribution in [1.82, 2.24) is 10.2 Å². The Morgan fingerprint density at radius 1 is 1.10 bits per heavy atom. The highest BCUT2D eigenvalue weighted by Crippen LogP contribution is 2.23. The second kappa shape index (κ2) is 11.0. The maximum atomic E-state index is 12.4. The van der Waals surface area contributed by atoms with Crippen LogP contribution in [-0.4, -0.2) is 49.1 Å². The molecule has 2 amide bonds. The van der Waals surface area contributed by atoms with Gasteiger partial charge in [0.05, 0.1) is 17.4 Å². The average Bonchev–Trinajstić information content (AvgIpc) is 2.70. The van der Waals surface area contributed by atoms with Crippen molar-refractivity contribution in [3.05, 3.63) is 64.1 Å². The van der Waals surface area contributed by atoms with Crippen LogP contribution in [0.1, 0.15) is 28.9 Å². The zero-order valence-electron chi connectivity index (χ0n) is 16.5. The summed E-state index contributed by atoms with van der Waals surface area (Å²) in [4.78, 5) is 38.5. The molecule has 1 N–H and O–H groups in total. The summed E-state index contributed by atoms with van der Waals surface area (Å²) < 4.78 is 6.13. The Morgan fingerprint density at radius 3 is 2.41 bits per heavy atom. The normalized spacial score (nSPS) is 11.4. The molecule has 0 fully saturated rings. The standard InChI is InChI=1S/C21H23BrN2O4S/c1-14(15-8-10-16(22)11-9-15)23-19(25)12-28-21(27)17-6-4-5-7-18(17)29-13-20(26)24(2)3/h4-11,14H,12-13H2,1-3H3,(H,23,25). The van der Waals surface area contributed by atoms with Crippen LogP contribution in [0.3, 0.4) is 0 Å². The van der Waals surface area contributed by atoms with Gasteiger partial charge in [-0.1, -0.05) is 40.2 Å². The lowest BCUT2D eigenvalue weighted by atomic mass is 10.1. The van der Waals surface area contributed by atoms with Crippen molar-refractivity contribution in [1.29, 1.82) is 0 Å². The van der Waals surface area contributed by atoms with Gasteiger partial charge in [-0.05, 0) is 36.8 Å². The van der Waals surface area contributed by atoms with Crippen molar-refractivity contribution < 1.29 is 19.1 Å². The van der Waals surface area contributed by atoms with E-state index in [1.807, 2.05) is 31.2 Å². The van der Waals surface area contributed by atoms with E-state index in [1.54, 1.807) is 38.4 Å². The smallest absolute Gasteiger partial charge is 0.339 e. The monoisotopic (exact) mass is 478 g/mol. The summed E-state index contributed by atoms with van der Waals surface area (Å²) in [7, 11) is 3.36. The number of hydrogen-bond donors (Lipinski definition) is 1. The predicted octanol–water partition coefficient (Wildman–Crippen LogP) is 3.66. The second-order valence-electron chi connectivity index (χ2n) is 6.49. The fourth-order valence-electron chi connectivity index (χ4n) is 2.36. The molecule has 0 heterocycles. The highest BCUT2D eigenvalue weighted by Gasteiger charge is 2.17. The summed E-state index contributed by atoms with van der Waals surface area (Å²) >= 11 is 4.63. The van der Waals surface area contributed by atoms with E-state index in [1.165, 1.54) is 16.7 Å². The molecular formula is C21H23BrN2O4S. The quantitative estimate of drug-likeness (QED) is 0.462. The first-order valence-corrected chi connectivity index (χ1v) is 10.7. The molecule has 0 aliphatic carbocycles. The molecule has 2 aromatic carbocycles. The summed E-state index contributed by atoms with van der Waals surface area (Å²) in [6.07, 6.45) is 0. The minimum atomic E-state index is -0.600. The second-order valence-corrected chi connectivity index (χ2v) is 8.42. The lowest BCUT2D eigenvalue weighted by Crippen LogP contribution is -2.31. The molecule has 1 atom stereocenters. The molecule has 0 radical (unpaired) electrons. The fraction of sp³-hybridized carbons (Fsp3) is 0.286. The van der Waals surface area contributed by atoms with Gasteiger partial charge in [-0.3, -0.25) is 9.59 Å². The molecule has 0 bridgehead atoms. The zero-order valence-corrected chi connectivity index (χ0v) is 18.9. The molecule has 154 valence electrons. The number of esters is 1. The van der Waals surface area contributed by atoms with Gasteiger partial charge in [0.15, 0.2) is 6.61 Å². The Labute approximate surface area is 183 Å². The van der Waals surface area contributed by atoms with Gasteiger partial charge >= 0.3 is 5.97 Å². The summed E-state index contributed by atoms with van der Waals surface area (Å²) in [5.74, 6) is -0.833. The van der Waals surface area contributed by atoms with Crippen LogP contribution in [-0.2, 0) is 14.3 Å². The maximum absolute atomic E-state index is 12.4. The molecule has 0 saturated carbocycles. The van der Waals surface area contributed by atoms with E-state index in [-0.39, 0.29) is 30.2 Å². The number of amides is 2. The molecule has 0 saturated heterocycles. The topological polar surface area (TPSA) is 75.7 Å². The first kappa shape index (κ1) is 23.0. The van der Waals surface area contributed by atoms with Crippen molar-refractivity contribution in [2.75, 3.05) is 26.5 Å². The Bertz CT molecular complexity index is 871. The SMILES string of the molecule is CC(NC(=O)COC(=O)c1ccccc1SCC(=O)N(C)C)c1ccc(Br)cc1. The van der Waals surface area contributed by atoms with Crippen molar-refractivity contribution in [2.24, 2.45) is 0 Å². The number of rotatable bonds is 8. The summed E-state index contributed by atoms with van der Waals surface area (Å²) in [6, 6.07) is 14.3. The number of carbonyl (C=O) groups excluding carboxylic acids is 3. The number of ether oxygens (including phenoxy) is 1. The van der Waals surface area contributed by atoms with E-state index in [0.717, 1.165) is 10.0 Å². The summed E-state index contributed by atoms with van der Waals surface area (Å²) in [6.45, 7) is 1.48. The highest BCUT2D eigenvalue weighted by atomic mass is 79.9. The first-order chi connectivity index (χ1) is 13.8. The van der Waals surface area contributed by atoms with Crippen LogP contribution in [0.4, 0.5) is 0 Å². The van der Waals surface area contributed by atoms with Gasteiger partial charge in [0.25, 0.3) is 5.91 Å². The lowest BCUT2D eigenvalue weighted by Gasteiger charge is -2.15. The van der Waals surface area contributed by atoms with Crippen LogP contribution < -0.4 is 5.32 Å². The first-order valence-electron chi connectivity index (χ1n) is 8.92. The van der Waals surface area contributed by atoms with E-state index in [9.17, 15) is 14.4 Å². The summed E-state index contributed by atoms with van der Waals surface area (Å²) in [5.41, 5.74) is 1.28. The number of nitrogens with zero attached hydrogens (tertiary/aromatic N) is 1. The van der Waals surface area contributed by atoms with Crippen molar-refractivity contribution in [2.45, 2.75) is 17.9 Å². The zero-order chi connectivity index (χ0) is 21.4. The van der Waals surface area contributed by atoms with Crippen LogP contribution in [0.25, 0.3) is 0 Å². The minimum absolute atomic E-state index is 0.0560. The van der Waals surface area contributed by atoms with E-state index in [2.05, 4.69) is 21.2 Å². The van der Waals surface area contributed by atoms with Gasteiger partial charge < -0.3 is 15.0 Å². The van der Waals surface area contributed by atoms with E-state index >= 15 is 0 Å². The molecule has 29 heavy (non-hydrogen) atoms. The van der Waals surface area contributed by atoms with Gasteiger partial charge in [-0.2, -0.15) is 0 Å². The summed E-state index contributed by atoms with van der Waals surface area (Å²) in [5, 5.41) is 2.80. The van der Waals surface area contributed by atoms with Crippen molar-refractivity contribution in [3.63, 3.8) is 0 Å². The Kier molecular flexibility index (Phi) is 8.72. The number of nitrogens with one attached hydrogen (secondary N) is 1. The molecule has 6 nitrogen and oxygen atoms in total. The van der Waals surface area contributed by atoms with Crippen LogP contribution in [0.15, 0.2) is 57.9 Å². The number of carbonyl (C=O) groups is 3. The molecular weight excluding hydrogens is 456 g/mol. The van der Waals surface area contributed by atoms with Gasteiger partial charge in [0, 0.05) is 23.5 Å². The van der Waals surface area contributed by atoms with Crippen LogP contribution >= 0.6 is 27.7 Å². The third-order valence-corrected chi connectivity index (χ3v) is 5.63. The Hall–Kier alpha value is -2.32. The maximum Gasteiger partial charge on any atom is 0.339 e. The Morgan fingerprint density at radius 2 is 1.76 bits per heavy atom. The molecule has 8 heteroatoms. The van der Waals surface area contributed by atoms with E-state index in [4.69, 9.17) is 4.74 Å². The molecule has 1 unspecified atom stereocenters. The van der Waals surface area contributed by atoms with Crippen molar-refractivity contribution in [3.8, 4) is 0 Å². The fourth-order valence-corrected chi connectivity index (χ4v) is 3.64. The van der Waals surface area contributed by atoms with E-state index in [0.29, 0.717) is 10.5 Å². The minimum Gasteiger partial charge on any atom is -0.452 e. The van der Waals surface area contributed by atoms with Crippen molar-refractivity contribution >= 4 is 45.5 Å². The highest BCUT2D eigenvalue weighted by molar-refractivity contribution is 9.10. The van der Waals surface area contributed by atoms with Crippen LogP contribution in [0, 0.1) is 0 Å².